The van der Waals surface area contributed by atoms with Crippen LogP contribution >= 0.6 is 0 Å². The third-order valence-corrected chi connectivity index (χ3v) is 6.18. The van der Waals surface area contributed by atoms with Crippen molar-refractivity contribution < 1.29 is 17.6 Å². The van der Waals surface area contributed by atoms with Gasteiger partial charge >= 0.3 is 0 Å². The third kappa shape index (κ3) is 4.36. The van der Waals surface area contributed by atoms with E-state index in [4.69, 9.17) is 0 Å². The summed E-state index contributed by atoms with van der Waals surface area (Å²) in [5.74, 6) is -0.563. The van der Waals surface area contributed by atoms with Gasteiger partial charge in [0, 0.05) is 11.2 Å². The minimum Gasteiger partial charge on any atom is -0.325 e. The summed E-state index contributed by atoms with van der Waals surface area (Å²) in [5, 5.41) is 2.81. The lowest BCUT2D eigenvalue weighted by molar-refractivity contribution is -0.118. The Labute approximate surface area is 159 Å². The highest BCUT2D eigenvalue weighted by Crippen LogP contribution is 2.49. The maximum atomic E-state index is 13.2. The molecule has 7 heteroatoms. The van der Waals surface area contributed by atoms with Gasteiger partial charge in [-0.3, -0.25) is 4.79 Å². The highest BCUT2D eigenvalue weighted by atomic mass is 32.2. The summed E-state index contributed by atoms with van der Waals surface area (Å²) < 4.78 is 40.7. The first-order valence-electron chi connectivity index (χ1n) is 8.73. The van der Waals surface area contributed by atoms with E-state index in [9.17, 15) is 17.6 Å². The van der Waals surface area contributed by atoms with E-state index in [2.05, 4.69) is 10.0 Å². The second-order valence-electron chi connectivity index (χ2n) is 7.93. The molecular weight excluding hydrogens is 367 g/mol. The molecule has 0 unspecified atom stereocenters. The summed E-state index contributed by atoms with van der Waals surface area (Å²) in [6, 6.07) is 12.1. The second-order valence-corrected chi connectivity index (χ2v) is 9.61. The molecule has 2 aromatic rings. The van der Waals surface area contributed by atoms with Crippen molar-refractivity contribution in [2.24, 2.45) is 0 Å². The van der Waals surface area contributed by atoms with E-state index in [1.54, 1.807) is 45.0 Å². The molecule has 1 aliphatic rings. The number of hydrogen-bond acceptors (Lipinski definition) is 3. The lowest BCUT2D eigenvalue weighted by atomic mass is 9.95. The Morgan fingerprint density at radius 3 is 2.26 bits per heavy atom. The van der Waals surface area contributed by atoms with E-state index in [0.717, 1.165) is 5.56 Å². The van der Waals surface area contributed by atoms with E-state index in [0.29, 0.717) is 18.5 Å². The summed E-state index contributed by atoms with van der Waals surface area (Å²) in [7, 11) is -3.70. The highest BCUT2D eigenvalue weighted by Gasteiger charge is 2.51. The fourth-order valence-electron chi connectivity index (χ4n) is 2.99. The fraction of sp³-hybridized carbons (Fsp3) is 0.350. The van der Waals surface area contributed by atoms with Crippen molar-refractivity contribution in [2.45, 2.75) is 49.5 Å². The standard InChI is InChI=1S/C20H23FN2O3S/c1-19(2,3)23-27(25,26)17-6-4-5-16(13-17)22-18(24)20(11-12-20)14-7-9-15(21)10-8-14/h4-10,13,23H,11-12H2,1-3H3,(H,22,24). The third-order valence-electron chi connectivity index (χ3n) is 4.42. The van der Waals surface area contributed by atoms with Gasteiger partial charge in [-0.05, 0) is 69.5 Å². The molecule has 0 spiro atoms. The van der Waals surface area contributed by atoms with Gasteiger partial charge in [0.05, 0.1) is 10.3 Å². The van der Waals surface area contributed by atoms with E-state index >= 15 is 0 Å². The first-order chi connectivity index (χ1) is 12.5. The topological polar surface area (TPSA) is 75.3 Å². The summed E-state index contributed by atoms with van der Waals surface area (Å²) in [5.41, 5.74) is -0.116. The van der Waals surface area contributed by atoms with Gasteiger partial charge in [0.15, 0.2) is 0 Å². The minimum absolute atomic E-state index is 0.0851. The molecule has 2 aromatic carbocycles. The first kappa shape index (κ1) is 19.5. The van der Waals surface area contributed by atoms with Crippen LogP contribution in [0, 0.1) is 5.82 Å². The van der Waals surface area contributed by atoms with Gasteiger partial charge in [0.2, 0.25) is 15.9 Å². The molecule has 0 radical (unpaired) electrons. The van der Waals surface area contributed by atoms with Crippen molar-refractivity contribution >= 4 is 21.6 Å². The Balaban J connectivity index is 1.81. The maximum Gasteiger partial charge on any atom is 0.241 e. The van der Waals surface area contributed by atoms with Crippen molar-refractivity contribution in [3.8, 4) is 0 Å². The Hall–Kier alpha value is -2.25. The van der Waals surface area contributed by atoms with Crippen LogP contribution in [0.4, 0.5) is 10.1 Å². The smallest absolute Gasteiger partial charge is 0.241 e. The predicted molar refractivity (Wildman–Crippen MR) is 102 cm³/mol. The monoisotopic (exact) mass is 390 g/mol. The molecule has 0 aliphatic heterocycles. The molecule has 0 saturated heterocycles. The van der Waals surface area contributed by atoms with Gasteiger partial charge in [0.25, 0.3) is 0 Å². The summed E-state index contributed by atoms with van der Waals surface area (Å²) in [6.45, 7) is 5.28. The molecular formula is C20H23FN2O3S. The Morgan fingerprint density at radius 2 is 1.70 bits per heavy atom. The van der Waals surface area contributed by atoms with Crippen LogP contribution in [0.25, 0.3) is 0 Å². The van der Waals surface area contributed by atoms with Gasteiger partial charge in [0.1, 0.15) is 5.82 Å². The van der Waals surface area contributed by atoms with Crippen LogP contribution in [0.3, 0.4) is 0 Å². The molecule has 1 fully saturated rings. The lowest BCUT2D eigenvalue weighted by Crippen LogP contribution is -2.40. The number of anilines is 1. The largest absolute Gasteiger partial charge is 0.325 e. The van der Waals surface area contributed by atoms with Crippen LogP contribution in [0.15, 0.2) is 53.4 Å². The summed E-state index contributed by atoms with van der Waals surface area (Å²) >= 11 is 0. The molecule has 0 bridgehead atoms. The van der Waals surface area contributed by atoms with Crippen LogP contribution in [0.1, 0.15) is 39.2 Å². The fourth-order valence-corrected chi connectivity index (χ4v) is 4.46. The number of carbonyl (C=O) groups excluding carboxylic acids is 1. The highest BCUT2D eigenvalue weighted by molar-refractivity contribution is 7.89. The van der Waals surface area contributed by atoms with Crippen molar-refractivity contribution in [1.82, 2.24) is 4.72 Å². The van der Waals surface area contributed by atoms with Crippen molar-refractivity contribution in [3.05, 3.63) is 59.9 Å². The number of halogens is 1. The SMILES string of the molecule is CC(C)(C)NS(=O)(=O)c1cccc(NC(=O)C2(c3ccc(F)cc3)CC2)c1. The number of rotatable bonds is 5. The maximum absolute atomic E-state index is 13.2. The zero-order chi connectivity index (χ0) is 19.9. The van der Waals surface area contributed by atoms with E-state index in [1.807, 2.05) is 0 Å². The number of carbonyl (C=O) groups is 1. The number of nitrogens with one attached hydrogen (secondary N) is 2. The molecule has 0 atom stereocenters. The molecule has 5 nitrogen and oxygen atoms in total. The number of hydrogen-bond donors (Lipinski definition) is 2. The molecule has 3 rings (SSSR count). The predicted octanol–water partition coefficient (Wildman–Crippen LogP) is 3.57. The molecule has 1 aliphatic carbocycles. The first-order valence-corrected chi connectivity index (χ1v) is 10.2. The quantitative estimate of drug-likeness (QED) is 0.819. The molecule has 1 amide bonds. The Kier molecular flexibility index (Phi) is 4.86. The summed E-state index contributed by atoms with van der Waals surface area (Å²) in [4.78, 5) is 12.9. The zero-order valence-electron chi connectivity index (χ0n) is 15.5. The van der Waals surface area contributed by atoms with Gasteiger partial charge < -0.3 is 5.32 Å². The number of sulfonamides is 1. The average molecular weight is 390 g/mol. The normalized spacial score (nSPS) is 16.0. The lowest BCUT2D eigenvalue weighted by Gasteiger charge is -2.21. The second kappa shape index (κ2) is 6.73. The molecule has 2 N–H and O–H groups in total. The van der Waals surface area contributed by atoms with Gasteiger partial charge in [-0.2, -0.15) is 0 Å². The minimum atomic E-state index is -3.70. The average Bonchev–Trinajstić information content (AvgIpc) is 3.35. The molecule has 27 heavy (non-hydrogen) atoms. The summed E-state index contributed by atoms with van der Waals surface area (Å²) in [6.07, 6.45) is 1.35. The van der Waals surface area contributed by atoms with Crippen LogP contribution < -0.4 is 10.0 Å². The van der Waals surface area contributed by atoms with Crippen molar-refractivity contribution in [3.63, 3.8) is 0 Å². The molecule has 0 aromatic heterocycles. The Bertz CT molecular complexity index is 959. The van der Waals surface area contributed by atoms with Gasteiger partial charge in [-0.1, -0.05) is 18.2 Å². The van der Waals surface area contributed by atoms with Crippen LogP contribution in [-0.4, -0.2) is 19.9 Å². The van der Waals surface area contributed by atoms with Crippen molar-refractivity contribution in [1.29, 1.82) is 0 Å². The van der Waals surface area contributed by atoms with Gasteiger partial charge in [-0.15, -0.1) is 0 Å². The van der Waals surface area contributed by atoms with Crippen LogP contribution in [-0.2, 0) is 20.2 Å². The van der Waals surface area contributed by atoms with Crippen LogP contribution in [0.2, 0.25) is 0 Å². The van der Waals surface area contributed by atoms with E-state index in [1.165, 1.54) is 24.3 Å². The number of amides is 1. The van der Waals surface area contributed by atoms with Crippen molar-refractivity contribution in [2.75, 3.05) is 5.32 Å². The molecule has 144 valence electrons. The Morgan fingerprint density at radius 1 is 1.07 bits per heavy atom. The zero-order valence-corrected chi connectivity index (χ0v) is 16.4. The molecule has 1 saturated carbocycles. The van der Waals surface area contributed by atoms with E-state index < -0.39 is 21.0 Å². The van der Waals surface area contributed by atoms with Gasteiger partial charge in [-0.25, -0.2) is 17.5 Å². The molecule has 0 heterocycles. The van der Waals surface area contributed by atoms with Crippen LogP contribution in [0.5, 0.6) is 0 Å². The van der Waals surface area contributed by atoms with E-state index in [-0.39, 0.29) is 16.6 Å². The number of benzene rings is 2.